The second kappa shape index (κ2) is 14.7. The van der Waals surface area contributed by atoms with Gasteiger partial charge in [-0.05, 0) is 55.5 Å². The van der Waals surface area contributed by atoms with E-state index in [0.29, 0.717) is 34.6 Å². The summed E-state index contributed by atoms with van der Waals surface area (Å²) in [4.78, 5) is 29.8. The van der Waals surface area contributed by atoms with E-state index in [0.717, 1.165) is 44.5 Å². The number of likely N-dealkylation sites (tertiary alicyclic amines) is 2. The molecule has 17 heteroatoms. The highest BCUT2D eigenvalue weighted by molar-refractivity contribution is 6.39. The highest BCUT2D eigenvalue weighted by Gasteiger charge is 2.43. The van der Waals surface area contributed by atoms with Crippen molar-refractivity contribution in [3.05, 3.63) is 87.5 Å². The first-order valence-electron chi connectivity index (χ1n) is 17.6. The number of carbonyl (C=O) groups is 1. The van der Waals surface area contributed by atoms with Gasteiger partial charge in [0.15, 0.2) is 17.3 Å². The minimum absolute atomic E-state index is 0.0219. The number of amides is 1. The Morgan fingerprint density at radius 2 is 1.67 bits per heavy atom. The molecule has 0 aliphatic carbocycles. The number of aryl methyl sites for hydroxylation is 1. The first-order valence-corrected chi connectivity index (χ1v) is 18.4. The van der Waals surface area contributed by atoms with Gasteiger partial charge in [0.2, 0.25) is 0 Å². The number of fused-ring (bicyclic) bond motifs is 2. The van der Waals surface area contributed by atoms with Crippen molar-refractivity contribution in [3.63, 3.8) is 0 Å². The van der Waals surface area contributed by atoms with E-state index in [2.05, 4.69) is 35.6 Å². The van der Waals surface area contributed by atoms with Crippen LogP contribution >= 0.6 is 23.2 Å². The number of hydrogen-bond donors (Lipinski definition) is 3. The Hall–Kier alpha value is -4.41. The van der Waals surface area contributed by atoms with E-state index in [-0.39, 0.29) is 51.3 Å². The van der Waals surface area contributed by atoms with E-state index in [1.165, 1.54) is 17.2 Å². The van der Waals surface area contributed by atoms with E-state index >= 15 is 0 Å². The van der Waals surface area contributed by atoms with Crippen LogP contribution in [0.5, 0.6) is 0 Å². The molecule has 8 rings (SSSR count). The Morgan fingerprint density at radius 3 is 2.37 bits per heavy atom. The molecule has 54 heavy (non-hydrogen) atoms. The second-order valence-electron chi connectivity index (χ2n) is 14.0. The Balaban J connectivity index is 1.03. The van der Waals surface area contributed by atoms with Crippen molar-refractivity contribution < 1.29 is 27.5 Å². The van der Waals surface area contributed by atoms with Crippen LogP contribution in [0.15, 0.2) is 54.7 Å². The molecule has 2 saturated heterocycles. The normalized spacial score (nSPS) is 19.1. The molecule has 1 amide bonds. The first kappa shape index (κ1) is 36.6. The first-order chi connectivity index (χ1) is 25.9. The lowest BCUT2D eigenvalue weighted by atomic mass is 9.98. The summed E-state index contributed by atoms with van der Waals surface area (Å²) in [5, 5.41) is 20.9. The van der Waals surface area contributed by atoms with Gasteiger partial charge in [-0.25, -0.2) is 27.5 Å². The number of nitrogens with zero attached hydrogens (tertiary/aromatic N) is 7. The molecular weight excluding hydrogens is 749 g/mol. The predicted octanol–water partition coefficient (Wildman–Crippen LogP) is 7.87. The lowest BCUT2D eigenvalue weighted by molar-refractivity contribution is -0.133. The van der Waals surface area contributed by atoms with Gasteiger partial charge in [0.25, 0.3) is 18.3 Å². The summed E-state index contributed by atoms with van der Waals surface area (Å²) < 4.78 is 56.5. The fraction of sp³-hybridized carbons (Fsp3) is 0.378. The number of piperidine rings is 1. The highest BCUT2D eigenvalue weighted by atomic mass is 35.5. The monoisotopic (exact) mass is 783 g/mol. The number of aromatic nitrogens is 5. The maximum atomic E-state index is 13.9. The van der Waals surface area contributed by atoms with Crippen LogP contribution < -0.4 is 10.6 Å². The maximum Gasteiger partial charge on any atom is 0.297 e. The number of pyridine rings is 1. The number of hydrogen-bond acceptors (Lipinski definition) is 9. The zero-order chi connectivity index (χ0) is 37.7. The summed E-state index contributed by atoms with van der Waals surface area (Å²) in [6, 6.07) is 13.7. The van der Waals surface area contributed by atoms with Gasteiger partial charge in [-0.1, -0.05) is 47.5 Å². The van der Waals surface area contributed by atoms with Crippen LogP contribution in [0.3, 0.4) is 0 Å². The summed E-state index contributed by atoms with van der Waals surface area (Å²) in [7, 11) is 0. The Morgan fingerprint density at radius 1 is 0.963 bits per heavy atom. The van der Waals surface area contributed by atoms with Gasteiger partial charge in [0.1, 0.15) is 5.52 Å². The molecular formula is C37H35Cl2F4N9O2. The van der Waals surface area contributed by atoms with Crippen molar-refractivity contribution in [1.29, 1.82) is 0 Å². The highest BCUT2D eigenvalue weighted by Crippen LogP contribution is 2.42. The van der Waals surface area contributed by atoms with Crippen LogP contribution in [0.25, 0.3) is 22.2 Å². The standard InChI is InChI=1S/C37H35Cl2F4N9O2/c38-30-22(4-1-6-24(30)45-34-32-26(46-35(48-34)33(40)41)14-20(16-44-32)17-50-18-37(42,43)19-50)23-5-2-7-25(31(23)39)47-36(54)27-15-29-28(8-3-11-52(29)49-27)51-12-9-21(53)10-13-51/h1-2,4-7,14-16,21,28,33,53H,3,8-13,17-19H2,(H,47,54)(H,45,46,48)/t28-/m0/s1. The van der Waals surface area contributed by atoms with Gasteiger partial charge in [-0.3, -0.25) is 24.3 Å². The van der Waals surface area contributed by atoms with Gasteiger partial charge in [-0.2, -0.15) is 5.10 Å². The molecule has 0 bridgehead atoms. The number of alkyl halides is 4. The quantitative estimate of drug-likeness (QED) is 0.128. The molecule has 5 aromatic rings. The number of anilines is 3. The third kappa shape index (κ3) is 7.35. The molecule has 3 aromatic heterocycles. The van der Waals surface area contributed by atoms with Crippen molar-refractivity contribution in [2.75, 3.05) is 36.8 Å². The van der Waals surface area contributed by atoms with E-state index < -0.39 is 37.2 Å². The zero-order valence-electron chi connectivity index (χ0n) is 28.8. The second-order valence-corrected chi connectivity index (χ2v) is 14.7. The topological polar surface area (TPSA) is 124 Å². The van der Waals surface area contributed by atoms with Crippen LogP contribution in [-0.2, 0) is 13.1 Å². The molecule has 282 valence electrons. The maximum absolute atomic E-state index is 13.9. The molecule has 2 aromatic carbocycles. The third-order valence-electron chi connectivity index (χ3n) is 10.1. The van der Waals surface area contributed by atoms with Crippen LogP contribution in [0, 0.1) is 0 Å². The number of nitrogens with one attached hydrogen (secondary N) is 2. The molecule has 0 unspecified atom stereocenters. The number of halogens is 6. The SMILES string of the molecule is O=C(Nc1cccc(-c2cccc(Nc3nc(C(F)F)nc4cc(CN5CC(F)(F)C5)cnc34)c2Cl)c1Cl)c1cc2n(n1)CCC[C@@H]2N1CCC(O)CC1. The summed E-state index contributed by atoms with van der Waals surface area (Å²) >= 11 is 13.8. The predicted molar refractivity (Wildman–Crippen MR) is 197 cm³/mol. The number of benzene rings is 2. The largest absolute Gasteiger partial charge is 0.393 e. The molecule has 3 aliphatic heterocycles. The molecule has 1 atom stereocenters. The minimum atomic E-state index is -3.00. The van der Waals surface area contributed by atoms with Crippen LogP contribution in [0.2, 0.25) is 10.0 Å². The van der Waals surface area contributed by atoms with Gasteiger partial charge in [-0.15, -0.1) is 0 Å². The summed E-state index contributed by atoms with van der Waals surface area (Å²) in [6.45, 7) is 1.67. The summed E-state index contributed by atoms with van der Waals surface area (Å²) in [5.74, 6) is -3.93. The lowest BCUT2D eigenvalue weighted by Gasteiger charge is -2.38. The molecule has 6 heterocycles. The Bertz CT molecular complexity index is 2220. The molecule has 0 saturated carbocycles. The minimum Gasteiger partial charge on any atom is -0.393 e. The van der Waals surface area contributed by atoms with E-state index in [1.807, 2.05) is 10.7 Å². The van der Waals surface area contributed by atoms with E-state index in [1.54, 1.807) is 36.4 Å². The number of aliphatic hydroxyl groups is 1. The average molecular weight is 785 g/mol. The molecule has 3 N–H and O–H groups in total. The van der Waals surface area contributed by atoms with Crippen molar-refractivity contribution >= 4 is 57.3 Å². The lowest BCUT2D eigenvalue weighted by Crippen LogP contribution is -2.55. The molecule has 0 radical (unpaired) electrons. The van der Waals surface area contributed by atoms with E-state index in [4.69, 9.17) is 23.2 Å². The fourth-order valence-corrected chi connectivity index (χ4v) is 8.00. The van der Waals surface area contributed by atoms with Crippen molar-refractivity contribution in [1.82, 2.24) is 34.5 Å². The van der Waals surface area contributed by atoms with Crippen LogP contribution in [-0.4, -0.2) is 83.8 Å². The smallest absolute Gasteiger partial charge is 0.297 e. The van der Waals surface area contributed by atoms with Gasteiger partial charge in [0.05, 0.1) is 57.9 Å². The molecule has 0 spiro atoms. The number of aliphatic hydroxyl groups excluding tert-OH is 1. The molecule has 3 aliphatic rings. The van der Waals surface area contributed by atoms with Gasteiger partial charge >= 0.3 is 0 Å². The summed E-state index contributed by atoms with van der Waals surface area (Å²) in [5.41, 5.74) is 3.73. The van der Waals surface area contributed by atoms with Crippen molar-refractivity contribution in [2.45, 2.75) is 63.3 Å². The van der Waals surface area contributed by atoms with Gasteiger partial charge < -0.3 is 15.7 Å². The van der Waals surface area contributed by atoms with E-state index in [9.17, 15) is 27.5 Å². The summed E-state index contributed by atoms with van der Waals surface area (Å²) in [6.07, 6.45) is 1.54. The molecule has 11 nitrogen and oxygen atoms in total. The fourth-order valence-electron chi connectivity index (χ4n) is 7.45. The third-order valence-corrected chi connectivity index (χ3v) is 10.9. The van der Waals surface area contributed by atoms with Crippen LogP contribution in [0.1, 0.15) is 65.7 Å². The van der Waals surface area contributed by atoms with Gasteiger partial charge in [0, 0.05) is 43.5 Å². The Kier molecular flexibility index (Phi) is 9.94. The van der Waals surface area contributed by atoms with Crippen molar-refractivity contribution in [3.8, 4) is 11.1 Å². The number of carbonyl (C=O) groups excluding carboxylic acids is 1. The zero-order valence-corrected chi connectivity index (χ0v) is 30.3. The molecule has 2 fully saturated rings. The average Bonchev–Trinajstić information content (AvgIpc) is 3.58. The number of rotatable bonds is 9. The van der Waals surface area contributed by atoms with Crippen molar-refractivity contribution in [2.24, 2.45) is 0 Å². The van der Waals surface area contributed by atoms with Crippen LogP contribution in [0.4, 0.5) is 34.8 Å². The Labute approximate surface area is 317 Å².